The zero-order valence-electron chi connectivity index (χ0n) is 24.2. The van der Waals surface area contributed by atoms with Crippen LogP contribution in [-0.4, -0.2) is 9.97 Å². The first kappa shape index (κ1) is 26.1. The average Bonchev–Trinajstić information content (AvgIpc) is 3.32. The van der Waals surface area contributed by atoms with E-state index in [1.165, 1.54) is 51.9 Å². The van der Waals surface area contributed by atoms with E-state index in [-0.39, 0.29) is 5.41 Å². The molecule has 3 aliphatic rings. The van der Waals surface area contributed by atoms with Crippen LogP contribution in [0.5, 0.6) is 0 Å². The van der Waals surface area contributed by atoms with Crippen molar-refractivity contribution in [2.45, 2.75) is 51.7 Å². The van der Waals surface area contributed by atoms with Crippen LogP contribution in [0.2, 0.25) is 0 Å². The van der Waals surface area contributed by atoms with E-state index in [1.807, 2.05) is 11.3 Å². The molecule has 2 fully saturated rings. The predicted octanol–water partition coefficient (Wildman–Crippen LogP) is 11.0. The molecule has 5 heteroatoms. The van der Waals surface area contributed by atoms with Gasteiger partial charge in [0.25, 0.3) is 0 Å². The molecule has 0 radical (unpaired) electrons. The summed E-state index contributed by atoms with van der Waals surface area (Å²) in [6.07, 6.45) is 0. The van der Waals surface area contributed by atoms with Gasteiger partial charge in [-0.2, -0.15) is 0 Å². The molecule has 6 aromatic rings. The van der Waals surface area contributed by atoms with E-state index < -0.39 is 0 Å². The first-order valence-electron chi connectivity index (χ1n) is 15.0. The molecule has 2 aromatic heterocycles. The standard InChI is InChI=1S/C38H30N2S3/c1-22-37(2)29-30-36(38(22,3)35(29)37)40-32-31(39-30)33(23-14-18-27(19-15-23)41-25-10-6-4-7-11-25)43-34(32)24-16-20-28(21-17-24)42-26-12-8-5-9-13-26/h4-22,29,35H,1-3H3. The molecule has 0 saturated heterocycles. The van der Waals surface area contributed by atoms with E-state index in [0.717, 1.165) is 11.0 Å². The van der Waals surface area contributed by atoms with Gasteiger partial charge in [0.15, 0.2) is 0 Å². The second-order valence-electron chi connectivity index (χ2n) is 12.6. The Kier molecular flexibility index (Phi) is 5.64. The number of benzene rings is 4. The smallest absolute Gasteiger partial charge is 0.108 e. The molecule has 2 nitrogen and oxygen atoms in total. The maximum atomic E-state index is 5.53. The molecule has 2 heterocycles. The number of nitrogens with zero attached hydrogens (tertiary/aromatic N) is 2. The van der Waals surface area contributed by atoms with Crippen LogP contribution in [0.1, 0.15) is 38.1 Å². The van der Waals surface area contributed by atoms with Crippen LogP contribution >= 0.6 is 34.9 Å². The molecule has 0 N–H and O–H groups in total. The molecule has 0 spiro atoms. The topological polar surface area (TPSA) is 25.8 Å². The maximum Gasteiger partial charge on any atom is 0.108 e. The van der Waals surface area contributed by atoms with Gasteiger partial charge in [0.05, 0.1) is 21.1 Å². The normalized spacial score (nSPS) is 26.2. The fourth-order valence-corrected chi connectivity index (χ4v) is 11.1. The third-order valence-corrected chi connectivity index (χ3v) is 13.9. The number of hydrogen-bond acceptors (Lipinski definition) is 5. The van der Waals surface area contributed by atoms with Crippen LogP contribution in [0.3, 0.4) is 0 Å². The third-order valence-electron chi connectivity index (χ3n) is 10.6. The summed E-state index contributed by atoms with van der Waals surface area (Å²) in [7, 11) is 0. The Bertz CT molecular complexity index is 2020. The second kappa shape index (κ2) is 9.31. The van der Waals surface area contributed by atoms with Gasteiger partial charge in [0.2, 0.25) is 0 Å². The lowest BCUT2D eigenvalue weighted by atomic mass is 9.53. The van der Waals surface area contributed by atoms with E-state index in [2.05, 4.69) is 130 Å². The lowest BCUT2D eigenvalue weighted by Gasteiger charge is -2.50. The summed E-state index contributed by atoms with van der Waals surface area (Å²) in [5, 5.41) is 0. The van der Waals surface area contributed by atoms with Gasteiger partial charge in [-0.05, 0) is 76.9 Å². The molecule has 9 rings (SSSR count). The highest BCUT2D eigenvalue weighted by molar-refractivity contribution is 7.99. The van der Waals surface area contributed by atoms with E-state index in [9.17, 15) is 0 Å². The number of aromatic nitrogens is 2. The minimum absolute atomic E-state index is 0.155. The lowest BCUT2D eigenvalue weighted by molar-refractivity contribution is 0.0535. The maximum absolute atomic E-state index is 5.53. The number of rotatable bonds is 6. The summed E-state index contributed by atoms with van der Waals surface area (Å²) >= 11 is 5.44. The minimum atomic E-state index is 0.155. The van der Waals surface area contributed by atoms with Gasteiger partial charge in [-0.1, -0.05) is 105 Å². The van der Waals surface area contributed by atoms with Crippen LogP contribution in [0.15, 0.2) is 129 Å². The van der Waals surface area contributed by atoms with Crippen molar-refractivity contribution in [1.29, 1.82) is 0 Å². The Morgan fingerprint density at radius 3 is 1.58 bits per heavy atom. The summed E-state index contributed by atoms with van der Waals surface area (Å²) < 4.78 is 0. The summed E-state index contributed by atoms with van der Waals surface area (Å²) in [6, 6.07) is 39.2. The molecule has 43 heavy (non-hydrogen) atoms. The summed E-state index contributed by atoms with van der Waals surface area (Å²) in [5.41, 5.74) is 7.66. The van der Waals surface area contributed by atoms with Crippen LogP contribution in [0.4, 0.5) is 0 Å². The SMILES string of the molecule is CC1C2(C)c3nc4c(-c5ccc(Sc6ccccc6)cc5)sc(-c5ccc(Sc6ccccc6)cc5)c4nc3C3C2C31C. The Hall–Kier alpha value is -3.38. The van der Waals surface area contributed by atoms with E-state index in [4.69, 9.17) is 9.97 Å². The number of hydrogen-bond donors (Lipinski definition) is 0. The van der Waals surface area contributed by atoms with Crippen molar-refractivity contribution in [3.05, 3.63) is 121 Å². The largest absolute Gasteiger partial charge is 0.247 e. The van der Waals surface area contributed by atoms with Crippen LogP contribution in [-0.2, 0) is 5.41 Å². The number of thiophene rings is 1. The van der Waals surface area contributed by atoms with E-state index >= 15 is 0 Å². The highest BCUT2D eigenvalue weighted by atomic mass is 32.2. The molecule has 5 unspecified atom stereocenters. The molecule has 3 aliphatic carbocycles. The first-order chi connectivity index (χ1) is 21.0. The van der Waals surface area contributed by atoms with Gasteiger partial charge < -0.3 is 0 Å². The van der Waals surface area contributed by atoms with Crippen LogP contribution in [0, 0.1) is 17.3 Å². The summed E-state index contributed by atoms with van der Waals surface area (Å²) in [4.78, 5) is 18.5. The van der Waals surface area contributed by atoms with Crippen molar-refractivity contribution in [3.8, 4) is 20.9 Å². The predicted molar refractivity (Wildman–Crippen MR) is 180 cm³/mol. The number of fused-ring (bicyclic) bond motifs is 5. The van der Waals surface area contributed by atoms with Crippen molar-refractivity contribution in [2.24, 2.45) is 17.3 Å². The Morgan fingerprint density at radius 2 is 1.07 bits per heavy atom. The van der Waals surface area contributed by atoms with Crippen molar-refractivity contribution in [1.82, 2.24) is 9.97 Å². The van der Waals surface area contributed by atoms with E-state index in [1.54, 1.807) is 23.5 Å². The molecule has 2 saturated carbocycles. The summed E-state index contributed by atoms with van der Waals surface area (Å²) in [6.45, 7) is 7.35. The van der Waals surface area contributed by atoms with Crippen LogP contribution in [0.25, 0.3) is 31.9 Å². The Balaban J connectivity index is 1.14. The second-order valence-corrected chi connectivity index (χ2v) is 15.9. The average molecular weight is 611 g/mol. The lowest BCUT2D eigenvalue weighted by Crippen LogP contribution is -2.50. The van der Waals surface area contributed by atoms with Gasteiger partial charge in [-0.15, -0.1) is 11.3 Å². The van der Waals surface area contributed by atoms with Crippen molar-refractivity contribution >= 4 is 45.9 Å². The highest BCUT2D eigenvalue weighted by Crippen LogP contribution is 2.90. The van der Waals surface area contributed by atoms with Crippen molar-refractivity contribution in [2.75, 3.05) is 0 Å². The molecule has 4 aromatic carbocycles. The summed E-state index contributed by atoms with van der Waals surface area (Å²) in [5.74, 6) is 1.92. The highest BCUT2D eigenvalue weighted by Gasteiger charge is 2.87. The van der Waals surface area contributed by atoms with Crippen molar-refractivity contribution < 1.29 is 0 Å². The van der Waals surface area contributed by atoms with Crippen molar-refractivity contribution in [3.63, 3.8) is 0 Å². The van der Waals surface area contributed by atoms with E-state index in [0.29, 0.717) is 23.2 Å². The van der Waals surface area contributed by atoms with Gasteiger partial charge in [0.1, 0.15) is 11.0 Å². The van der Waals surface area contributed by atoms with Crippen LogP contribution < -0.4 is 0 Å². The molecule has 0 bridgehead atoms. The Labute approximate surface area is 265 Å². The molecule has 5 atom stereocenters. The molecular weight excluding hydrogens is 581 g/mol. The van der Waals surface area contributed by atoms with Gasteiger partial charge in [0, 0.05) is 30.9 Å². The zero-order valence-corrected chi connectivity index (χ0v) is 26.7. The monoisotopic (exact) mass is 610 g/mol. The fourth-order valence-electron chi connectivity index (χ4n) is 8.25. The fraction of sp³-hybridized carbons (Fsp3) is 0.211. The Morgan fingerprint density at radius 1 is 0.605 bits per heavy atom. The molecular formula is C38H30N2S3. The minimum Gasteiger partial charge on any atom is -0.247 e. The first-order valence-corrected chi connectivity index (χ1v) is 17.4. The molecule has 0 amide bonds. The zero-order chi connectivity index (χ0) is 28.9. The molecule has 0 aliphatic heterocycles. The van der Waals surface area contributed by atoms with Gasteiger partial charge >= 0.3 is 0 Å². The molecule has 210 valence electrons. The van der Waals surface area contributed by atoms with Gasteiger partial charge in [-0.3, -0.25) is 0 Å². The quantitative estimate of drug-likeness (QED) is 0.187. The third kappa shape index (κ3) is 3.68. The van der Waals surface area contributed by atoms with Gasteiger partial charge in [-0.25, -0.2) is 9.97 Å².